The second-order valence-corrected chi connectivity index (χ2v) is 10.1. The number of pyridine rings is 2. The van der Waals surface area contributed by atoms with Crippen molar-refractivity contribution >= 4 is 40.0 Å². The number of amides is 1. The van der Waals surface area contributed by atoms with Gasteiger partial charge < -0.3 is 9.47 Å². The van der Waals surface area contributed by atoms with Gasteiger partial charge in [0.2, 0.25) is 0 Å². The Balaban J connectivity index is 1.35. The van der Waals surface area contributed by atoms with Crippen molar-refractivity contribution in [1.29, 1.82) is 0 Å². The number of quaternary nitrogens is 1. The predicted molar refractivity (Wildman–Crippen MR) is 136 cm³/mol. The van der Waals surface area contributed by atoms with E-state index in [-0.39, 0.29) is 41.0 Å². The minimum absolute atomic E-state index is 0.178. The van der Waals surface area contributed by atoms with Crippen molar-refractivity contribution in [1.82, 2.24) is 19.4 Å². The number of aromatic nitrogens is 3. The quantitative estimate of drug-likeness (QED) is 0.257. The van der Waals surface area contributed by atoms with E-state index >= 15 is 0 Å². The molecular weight excluding hydrogens is 523 g/mol. The summed E-state index contributed by atoms with van der Waals surface area (Å²) in [7, 11) is 0. The number of hydrogen-bond acceptors (Lipinski definition) is 4. The van der Waals surface area contributed by atoms with Crippen LogP contribution in [0.2, 0.25) is 10.2 Å². The van der Waals surface area contributed by atoms with E-state index in [4.69, 9.17) is 23.2 Å². The minimum atomic E-state index is -3.02. The molecule has 0 radical (unpaired) electrons. The zero-order valence-electron chi connectivity index (χ0n) is 19.9. The molecule has 5 rings (SSSR count). The summed E-state index contributed by atoms with van der Waals surface area (Å²) in [4.78, 5) is 23.3. The molecule has 0 aliphatic carbocycles. The number of carbonyl (C=O) groups is 1. The molecule has 0 unspecified atom stereocenters. The maximum atomic E-state index is 13.6. The van der Waals surface area contributed by atoms with Gasteiger partial charge in [-0.1, -0.05) is 23.2 Å². The molecule has 37 heavy (non-hydrogen) atoms. The van der Waals surface area contributed by atoms with Gasteiger partial charge in [0, 0.05) is 47.2 Å². The van der Waals surface area contributed by atoms with Crippen LogP contribution >= 0.6 is 23.2 Å². The van der Waals surface area contributed by atoms with Crippen LogP contribution in [-0.2, 0) is 12.5 Å². The van der Waals surface area contributed by atoms with Crippen LogP contribution in [0.5, 0.6) is 0 Å². The average molecular weight is 547 g/mol. The number of halogens is 4. The lowest BCUT2D eigenvalue weighted by atomic mass is 10.1. The Labute approximate surface area is 222 Å². The van der Waals surface area contributed by atoms with Crippen molar-refractivity contribution in [2.45, 2.75) is 19.4 Å². The molecular formula is C26H24Cl2F2N5O2+. The van der Waals surface area contributed by atoms with Crippen LogP contribution in [0.1, 0.15) is 28.5 Å². The molecule has 1 aromatic carbocycles. The molecule has 4 aromatic rings. The first-order valence-corrected chi connectivity index (χ1v) is 12.4. The van der Waals surface area contributed by atoms with Gasteiger partial charge in [0.1, 0.15) is 25.3 Å². The van der Waals surface area contributed by atoms with Crippen molar-refractivity contribution in [3.05, 3.63) is 88.1 Å². The third-order valence-electron chi connectivity index (χ3n) is 6.61. The van der Waals surface area contributed by atoms with Crippen molar-refractivity contribution in [3.8, 4) is 5.69 Å². The van der Waals surface area contributed by atoms with Gasteiger partial charge in [-0.05, 0) is 42.5 Å². The summed E-state index contributed by atoms with van der Waals surface area (Å²) < 4.78 is 28.4. The van der Waals surface area contributed by atoms with Crippen LogP contribution < -0.4 is 0 Å². The molecule has 3 aromatic heterocycles. The van der Waals surface area contributed by atoms with E-state index in [9.17, 15) is 18.8 Å². The molecule has 1 fully saturated rings. The summed E-state index contributed by atoms with van der Waals surface area (Å²) in [5.41, 5.74) is 2.21. The second-order valence-electron chi connectivity index (χ2n) is 9.32. The molecule has 192 valence electrons. The highest BCUT2D eigenvalue weighted by Crippen LogP contribution is 2.31. The van der Waals surface area contributed by atoms with Crippen LogP contribution in [-0.4, -0.2) is 61.4 Å². The number of nitrogens with zero attached hydrogens (tertiary/aromatic N) is 5. The summed E-state index contributed by atoms with van der Waals surface area (Å²) in [6, 6.07) is 11.8. The van der Waals surface area contributed by atoms with E-state index in [2.05, 4.69) is 9.97 Å². The number of alkyl halides is 2. The highest BCUT2D eigenvalue weighted by molar-refractivity contribution is 6.34. The van der Waals surface area contributed by atoms with Gasteiger partial charge in [0.15, 0.2) is 5.15 Å². The average Bonchev–Trinajstić information content (AvgIpc) is 3.25. The summed E-state index contributed by atoms with van der Waals surface area (Å²) in [5.74, 6) is -3.20. The maximum Gasteiger partial charge on any atom is 0.286 e. The fourth-order valence-corrected chi connectivity index (χ4v) is 4.98. The SMILES string of the molecule is CC(F)(F)c1ccc(C[N+]2(O)CCN(C(=O)c3cn(-c4ccc(Cl)cc4)c4c(Cl)nccc34)CC2)cn1. The van der Waals surface area contributed by atoms with E-state index in [1.165, 1.54) is 12.3 Å². The molecule has 0 atom stereocenters. The van der Waals surface area contributed by atoms with Gasteiger partial charge in [-0.25, -0.2) is 10.2 Å². The standard InChI is InChI=1S/C26H24Cl2F2N5O2/c1-26(29,30)22-7-2-17(14-32-22)16-35(37)12-10-33(11-13-35)25(36)21-15-34(19-5-3-18(27)4-6-19)23-20(21)8-9-31-24(23)28/h2-9,14-15,37H,10-13,16H2,1H3/q+1. The largest absolute Gasteiger partial charge is 0.327 e. The first kappa shape index (κ1) is 25.5. The van der Waals surface area contributed by atoms with Crippen molar-refractivity contribution < 1.29 is 23.4 Å². The van der Waals surface area contributed by atoms with Crippen LogP contribution in [0.25, 0.3) is 16.6 Å². The van der Waals surface area contributed by atoms with Crippen molar-refractivity contribution in [2.24, 2.45) is 0 Å². The number of carbonyl (C=O) groups excluding carboxylic acids is 1. The van der Waals surface area contributed by atoms with Gasteiger partial charge in [-0.3, -0.25) is 9.78 Å². The molecule has 0 saturated carbocycles. The lowest BCUT2D eigenvalue weighted by Crippen LogP contribution is -2.58. The number of fused-ring (bicyclic) bond motifs is 1. The van der Waals surface area contributed by atoms with Crippen LogP contribution in [0.15, 0.2) is 61.1 Å². The summed E-state index contributed by atoms with van der Waals surface area (Å²) in [6.45, 7) is 2.22. The third-order valence-corrected chi connectivity index (χ3v) is 7.14. The van der Waals surface area contributed by atoms with E-state index in [0.29, 0.717) is 40.1 Å². The van der Waals surface area contributed by atoms with Crippen LogP contribution in [0.4, 0.5) is 8.78 Å². The van der Waals surface area contributed by atoms with Gasteiger partial charge >= 0.3 is 0 Å². The van der Waals surface area contributed by atoms with E-state index in [1.54, 1.807) is 41.6 Å². The molecule has 4 heterocycles. The fourth-order valence-electron chi connectivity index (χ4n) is 4.60. The monoisotopic (exact) mass is 546 g/mol. The summed E-state index contributed by atoms with van der Waals surface area (Å²) in [5, 5.41) is 12.6. The smallest absolute Gasteiger partial charge is 0.286 e. The van der Waals surface area contributed by atoms with E-state index in [1.807, 2.05) is 16.7 Å². The second kappa shape index (κ2) is 9.64. The first-order valence-electron chi connectivity index (χ1n) is 11.7. The Morgan fingerprint density at radius 3 is 2.41 bits per heavy atom. The number of hydrogen-bond donors (Lipinski definition) is 1. The normalized spacial score (nSPS) is 15.8. The molecule has 0 spiro atoms. The van der Waals surface area contributed by atoms with E-state index in [0.717, 1.165) is 12.6 Å². The topological polar surface area (TPSA) is 71.2 Å². The Morgan fingerprint density at radius 1 is 1.08 bits per heavy atom. The molecule has 11 heteroatoms. The lowest BCUT2D eigenvalue weighted by Gasteiger charge is -2.38. The Kier molecular flexibility index (Phi) is 6.66. The third kappa shape index (κ3) is 5.17. The fraction of sp³-hybridized carbons (Fsp3) is 0.269. The Bertz CT molecular complexity index is 1450. The number of hydroxylamine groups is 3. The predicted octanol–water partition coefficient (Wildman–Crippen LogP) is 5.70. The molecule has 1 aliphatic heterocycles. The molecule has 1 N–H and O–H groups in total. The summed E-state index contributed by atoms with van der Waals surface area (Å²) >= 11 is 12.5. The lowest BCUT2D eigenvalue weighted by molar-refractivity contribution is -1.11. The van der Waals surface area contributed by atoms with Crippen molar-refractivity contribution in [3.63, 3.8) is 0 Å². The molecule has 1 saturated heterocycles. The van der Waals surface area contributed by atoms with Gasteiger partial charge in [0.05, 0.1) is 24.2 Å². The van der Waals surface area contributed by atoms with Crippen molar-refractivity contribution in [2.75, 3.05) is 26.2 Å². The van der Waals surface area contributed by atoms with E-state index < -0.39 is 5.92 Å². The number of rotatable bonds is 5. The van der Waals surface area contributed by atoms with Crippen LogP contribution in [0, 0.1) is 0 Å². The zero-order valence-corrected chi connectivity index (χ0v) is 21.4. The number of piperazine rings is 1. The zero-order chi connectivity index (χ0) is 26.4. The Morgan fingerprint density at radius 2 is 1.78 bits per heavy atom. The highest BCUT2D eigenvalue weighted by Gasteiger charge is 2.36. The Hall–Kier alpha value is -3.11. The minimum Gasteiger partial charge on any atom is -0.327 e. The highest BCUT2D eigenvalue weighted by atomic mass is 35.5. The molecule has 1 amide bonds. The molecule has 1 aliphatic rings. The molecule has 7 nitrogen and oxygen atoms in total. The summed E-state index contributed by atoms with van der Waals surface area (Å²) in [6.07, 6.45) is 4.67. The molecule has 0 bridgehead atoms. The van der Waals surface area contributed by atoms with Gasteiger partial charge in [0.25, 0.3) is 11.8 Å². The number of benzene rings is 1. The first-order chi connectivity index (χ1) is 17.5. The van der Waals surface area contributed by atoms with Crippen LogP contribution in [0.3, 0.4) is 0 Å². The van der Waals surface area contributed by atoms with Gasteiger partial charge in [-0.15, -0.1) is 0 Å². The van der Waals surface area contributed by atoms with Gasteiger partial charge in [-0.2, -0.15) is 13.4 Å². The maximum absolute atomic E-state index is 13.6.